The fourth-order valence-corrected chi connectivity index (χ4v) is 6.03. The van der Waals surface area contributed by atoms with Gasteiger partial charge in [0.1, 0.15) is 5.82 Å². The molecule has 204 valence electrons. The Balaban J connectivity index is 1.63. The normalized spacial score (nSPS) is 19.1. The maximum atomic E-state index is 14.2. The van der Waals surface area contributed by atoms with E-state index in [9.17, 15) is 9.59 Å². The lowest BCUT2D eigenvalue weighted by Crippen LogP contribution is -2.55. The van der Waals surface area contributed by atoms with Crippen LogP contribution in [0.25, 0.3) is 6.08 Å². The van der Waals surface area contributed by atoms with Crippen LogP contribution in [0.15, 0.2) is 65.5 Å². The predicted octanol–water partition coefficient (Wildman–Crippen LogP) is 5.92. The van der Waals surface area contributed by atoms with Gasteiger partial charge in [0.05, 0.1) is 12.2 Å². The molecule has 0 spiro atoms. The molecule has 6 heteroatoms. The lowest BCUT2D eigenvalue weighted by molar-refractivity contribution is 0.122. The lowest BCUT2D eigenvalue weighted by Gasteiger charge is -2.42. The maximum absolute atomic E-state index is 14.2. The Morgan fingerprint density at radius 1 is 1.00 bits per heavy atom. The summed E-state index contributed by atoms with van der Waals surface area (Å²) in [6, 6.07) is 18.3. The highest BCUT2D eigenvalue weighted by atomic mass is 16.2. The van der Waals surface area contributed by atoms with Crippen LogP contribution in [0.1, 0.15) is 73.8 Å². The zero-order valence-corrected chi connectivity index (χ0v) is 23.8. The van der Waals surface area contributed by atoms with E-state index in [4.69, 9.17) is 4.98 Å². The third-order valence-electron chi connectivity index (χ3n) is 8.11. The van der Waals surface area contributed by atoms with Crippen molar-refractivity contribution in [3.05, 3.63) is 105 Å². The minimum absolute atomic E-state index is 0.0345. The summed E-state index contributed by atoms with van der Waals surface area (Å²) >= 11 is 0. The van der Waals surface area contributed by atoms with Gasteiger partial charge in [-0.1, -0.05) is 93.9 Å². The first-order chi connectivity index (χ1) is 18.6. The molecule has 1 fully saturated rings. The number of fused-ring (bicyclic) bond motifs is 1. The quantitative estimate of drug-likeness (QED) is 0.417. The molecule has 39 heavy (non-hydrogen) atoms. The molecule has 0 saturated carbocycles. The summed E-state index contributed by atoms with van der Waals surface area (Å²) in [5, 5.41) is 3.05. The molecule has 1 aliphatic carbocycles. The third kappa shape index (κ3) is 5.70. The van der Waals surface area contributed by atoms with Gasteiger partial charge in [-0.15, -0.1) is 0 Å². The van der Waals surface area contributed by atoms with Crippen LogP contribution < -0.4 is 10.9 Å². The minimum atomic E-state index is -0.105. The van der Waals surface area contributed by atoms with E-state index < -0.39 is 0 Å². The van der Waals surface area contributed by atoms with Gasteiger partial charge in [0.2, 0.25) is 0 Å². The molecule has 2 aromatic carbocycles. The number of carbonyl (C=O) groups excluding carboxylic acids is 1. The maximum Gasteiger partial charge on any atom is 0.317 e. The highest BCUT2D eigenvalue weighted by Crippen LogP contribution is 2.36. The number of hydrogen-bond donors (Lipinski definition) is 1. The second-order valence-electron chi connectivity index (χ2n) is 12.2. The summed E-state index contributed by atoms with van der Waals surface area (Å²) in [5.41, 5.74) is 4.84. The fraction of sp³-hybridized carbons (Fsp3) is 0.424. The Morgan fingerprint density at radius 3 is 2.38 bits per heavy atom. The molecular weight excluding hydrogens is 484 g/mol. The van der Waals surface area contributed by atoms with Crippen LogP contribution in [0.5, 0.6) is 0 Å². The topological polar surface area (TPSA) is 67.2 Å². The first kappa shape index (κ1) is 26.9. The second kappa shape index (κ2) is 10.8. The predicted molar refractivity (Wildman–Crippen MR) is 157 cm³/mol. The molecule has 3 aromatic rings. The number of aryl methyl sites for hydroxylation is 1. The highest BCUT2D eigenvalue weighted by molar-refractivity contribution is 5.75. The summed E-state index contributed by atoms with van der Waals surface area (Å²) in [6.07, 6.45) is 5.64. The monoisotopic (exact) mass is 524 g/mol. The van der Waals surface area contributed by atoms with E-state index in [1.807, 2.05) is 33.7 Å². The van der Waals surface area contributed by atoms with Crippen LogP contribution in [0, 0.1) is 18.3 Å². The average molecular weight is 525 g/mol. The Morgan fingerprint density at radius 2 is 1.69 bits per heavy atom. The van der Waals surface area contributed by atoms with E-state index >= 15 is 0 Å². The van der Waals surface area contributed by atoms with Crippen LogP contribution in [-0.4, -0.2) is 33.1 Å². The number of rotatable bonds is 7. The SMILES string of the molecule is Cc1ccc(CN2C(=O)NCCC2C(c2nc3c(c(=O)n2Cc2ccccc2)CC(C)(C)C=C3)C(C)C)cc1. The van der Waals surface area contributed by atoms with Crippen LogP contribution in [0.3, 0.4) is 0 Å². The van der Waals surface area contributed by atoms with Gasteiger partial charge in [-0.05, 0) is 48.3 Å². The summed E-state index contributed by atoms with van der Waals surface area (Å²) in [5.74, 6) is 0.833. The molecule has 1 saturated heterocycles. The standard InChI is InChI=1S/C33H40N4O2/c1-22(2)29(28-16-18-34-32(39)36(28)20-25-13-11-23(3)12-14-25)30-35-27-15-17-33(4,5)19-26(27)31(38)37(30)21-24-9-7-6-8-10-24/h6-15,17,22,28-29H,16,18-21H2,1-5H3,(H,34,39). The van der Waals surface area contributed by atoms with E-state index in [0.29, 0.717) is 26.1 Å². The Bertz CT molecular complexity index is 1420. The summed E-state index contributed by atoms with van der Waals surface area (Å²) < 4.78 is 1.89. The number of carbonyl (C=O) groups is 1. The van der Waals surface area contributed by atoms with Crippen molar-refractivity contribution in [2.45, 2.75) is 72.5 Å². The zero-order chi connectivity index (χ0) is 27.7. The first-order valence-electron chi connectivity index (χ1n) is 14.1. The summed E-state index contributed by atoms with van der Waals surface area (Å²) in [4.78, 5) is 34.7. The smallest absolute Gasteiger partial charge is 0.317 e. The van der Waals surface area contributed by atoms with Crippen molar-refractivity contribution in [2.75, 3.05) is 6.54 Å². The largest absolute Gasteiger partial charge is 0.338 e. The molecule has 1 aliphatic heterocycles. The first-order valence-corrected chi connectivity index (χ1v) is 14.1. The molecule has 0 bridgehead atoms. The molecule has 2 heterocycles. The average Bonchev–Trinajstić information content (AvgIpc) is 2.90. The van der Waals surface area contributed by atoms with Crippen molar-refractivity contribution >= 4 is 12.1 Å². The Kier molecular flexibility index (Phi) is 7.48. The number of hydrogen-bond acceptors (Lipinski definition) is 3. The lowest BCUT2D eigenvalue weighted by atomic mass is 9.80. The van der Waals surface area contributed by atoms with E-state index in [2.05, 4.69) is 82.4 Å². The zero-order valence-electron chi connectivity index (χ0n) is 23.8. The second-order valence-corrected chi connectivity index (χ2v) is 12.2. The number of nitrogens with zero attached hydrogens (tertiary/aromatic N) is 3. The van der Waals surface area contributed by atoms with Gasteiger partial charge in [-0.3, -0.25) is 9.36 Å². The van der Waals surface area contributed by atoms with Crippen LogP contribution in [0.4, 0.5) is 4.79 Å². The Labute approximate surface area is 231 Å². The molecule has 6 nitrogen and oxygen atoms in total. The van der Waals surface area contributed by atoms with E-state index in [0.717, 1.165) is 34.6 Å². The van der Waals surface area contributed by atoms with Gasteiger partial charge in [0.25, 0.3) is 5.56 Å². The van der Waals surface area contributed by atoms with Gasteiger partial charge in [-0.25, -0.2) is 9.78 Å². The van der Waals surface area contributed by atoms with Crippen LogP contribution in [-0.2, 0) is 19.5 Å². The number of aromatic nitrogens is 2. The fourth-order valence-electron chi connectivity index (χ4n) is 6.03. The van der Waals surface area contributed by atoms with Gasteiger partial charge >= 0.3 is 6.03 Å². The third-order valence-corrected chi connectivity index (χ3v) is 8.11. The number of allylic oxidation sites excluding steroid dienone is 1. The van der Waals surface area contributed by atoms with Crippen molar-refractivity contribution in [1.82, 2.24) is 19.8 Å². The molecule has 2 aliphatic rings. The minimum Gasteiger partial charge on any atom is -0.338 e. The molecule has 2 amide bonds. The molecule has 5 rings (SSSR count). The van der Waals surface area contributed by atoms with Crippen LogP contribution >= 0.6 is 0 Å². The molecule has 2 atom stereocenters. The van der Waals surface area contributed by atoms with Crippen molar-refractivity contribution in [3.63, 3.8) is 0 Å². The van der Waals surface area contributed by atoms with Gasteiger partial charge < -0.3 is 10.2 Å². The summed E-state index contributed by atoms with van der Waals surface area (Å²) in [7, 11) is 0. The van der Waals surface area contributed by atoms with Crippen molar-refractivity contribution in [2.24, 2.45) is 11.3 Å². The van der Waals surface area contributed by atoms with Crippen molar-refractivity contribution in [3.8, 4) is 0 Å². The van der Waals surface area contributed by atoms with Gasteiger partial charge in [0, 0.05) is 30.6 Å². The van der Waals surface area contributed by atoms with E-state index in [-0.39, 0.29) is 34.9 Å². The molecule has 2 unspecified atom stereocenters. The number of urea groups is 1. The molecule has 0 radical (unpaired) electrons. The molecular formula is C33H40N4O2. The van der Waals surface area contributed by atoms with Crippen LogP contribution in [0.2, 0.25) is 0 Å². The van der Waals surface area contributed by atoms with Crippen molar-refractivity contribution < 1.29 is 4.79 Å². The number of nitrogens with one attached hydrogen (secondary N) is 1. The number of benzene rings is 2. The van der Waals surface area contributed by atoms with E-state index in [1.165, 1.54) is 5.56 Å². The molecule has 1 aromatic heterocycles. The Hall–Kier alpha value is -3.67. The van der Waals surface area contributed by atoms with Gasteiger partial charge in [-0.2, -0.15) is 0 Å². The van der Waals surface area contributed by atoms with Crippen molar-refractivity contribution in [1.29, 1.82) is 0 Å². The molecule has 1 N–H and O–H groups in total. The highest BCUT2D eigenvalue weighted by Gasteiger charge is 2.39. The van der Waals surface area contributed by atoms with E-state index in [1.54, 1.807) is 0 Å². The summed E-state index contributed by atoms with van der Waals surface area (Å²) in [6.45, 7) is 12.3. The van der Waals surface area contributed by atoms with Gasteiger partial charge in [0.15, 0.2) is 0 Å². The number of amides is 2.